The number of amides is 1. The van der Waals surface area contributed by atoms with E-state index in [0.717, 1.165) is 16.8 Å². The predicted octanol–water partition coefficient (Wildman–Crippen LogP) is 3.81. The van der Waals surface area contributed by atoms with Crippen LogP contribution >= 0.6 is 0 Å². The van der Waals surface area contributed by atoms with E-state index in [2.05, 4.69) is 15.6 Å². The summed E-state index contributed by atoms with van der Waals surface area (Å²) in [6.45, 7) is 2.51. The molecule has 0 fully saturated rings. The fourth-order valence-electron chi connectivity index (χ4n) is 2.86. The number of nitrogens with one attached hydrogen (secondary N) is 1. The summed E-state index contributed by atoms with van der Waals surface area (Å²) in [6.07, 6.45) is 4.45. The highest BCUT2D eigenvalue weighted by Gasteiger charge is 2.13. The van der Waals surface area contributed by atoms with E-state index in [-0.39, 0.29) is 11.7 Å². The summed E-state index contributed by atoms with van der Waals surface area (Å²) in [7, 11) is 0. The molecule has 6 nitrogen and oxygen atoms in total. The van der Waals surface area contributed by atoms with Gasteiger partial charge in [0, 0.05) is 24.4 Å². The Labute approximate surface area is 162 Å². The van der Waals surface area contributed by atoms with Crippen molar-refractivity contribution in [3.8, 4) is 16.9 Å². The van der Waals surface area contributed by atoms with Gasteiger partial charge in [-0.2, -0.15) is 5.10 Å². The van der Waals surface area contributed by atoms with Crippen molar-refractivity contribution in [1.29, 1.82) is 0 Å². The van der Waals surface area contributed by atoms with Gasteiger partial charge in [-0.1, -0.05) is 53.2 Å². The molecule has 1 amide bonds. The number of aromatic nitrogens is 3. The van der Waals surface area contributed by atoms with Crippen LogP contribution in [-0.4, -0.2) is 27.4 Å². The molecule has 1 N–H and O–H groups in total. The molecule has 0 aliphatic rings. The molecule has 2 heterocycles. The number of aryl methyl sites for hydroxylation is 1. The smallest absolute Gasteiger partial charge is 0.289 e. The van der Waals surface area contributed by atoms with E-state index in [1.807, 2.05) is 78.6 Å². The van der Waals surface area contributed by atoms with Crippen LogP contribution < -0.4 is 5.32 Å². The van der Waals surface area contributed by atoms with Crippen molar-refractivity contribution >= 4 is 5.91 Å². The first-order valence-corrected chi connectivity index (χ1v) is 9.10. The SMILES string of the molecule is Cc1ccc(-c2cc(C(=O)NCCc3cnn(-c4ccccc4)c3)on2)cc1. The van der Waals surface area contributed by atoms with Crippen LogP contribution in [0.4, 0.5) is 0 Å². The molecule has 140 valence electrons. The van der Waals surface area contributed by atoms with Gasteiger partial charge in [0.1, 0.15) is 5.69 Å². The van der Waals surface area contributed by atoms with E-state index in [0.29, 0.717) is 18.7 Å². The Hall–Kier alpha value is -3.67. The molecular formula is C22H20N4O2. The maximum atomic E-state index is 12.3. The predicted molar refractivity (Wildman–Crippen MR) is 106 cm³/mol. The average Bonchev–Trinajstić information content (AvgIpc) is 3.39. The third-order valence-electron chi connectivity index (χ3n) is 4.44. The topological polar surface area (TPSA) is 73.0 Å². The average molecular weight is 372 g/mol. The van der Waals surface area contributed by atoms with E-state index < -0.39 is 0 Å². The molecule has 0 saturated carbocycles. The Balaban J connectivity index is 1.33. The molecular weight excluding hydrogens is 352 g/mol. The van der Waals surface area contributed by atoms with Gasteiger partial charge in [0.2, 0.25) is 5.76 Å². The lowest BCUT2D eigenvalue weighted by molar-refractivity contribution is 0.0917. The van der Waals surface area contributed by atoms with Crippen molar-refractivity contribution in [1.82, 2.24) is 20.3 Å². The first kappa shape index (κ1) is 17.7. The van der Waals surface area contributed by atoms with Crippen LogP contribution in [0.1, 0.15) is 21.7 Å². The number of nitrogens with zero attached hydrogens (tertiary/aromatic N) is 3. The Bertz CT molecular complexity index is 1070. The van der Waals surface area contributed by atoms with Gasteiger partial charge in [-0.3, -0.25) is 4.79 Å². The van der Waals surface area contributed by atoms with Gasteiger partial charge in [0.05, 0.1) is 11.9 Å². The monoisotopic (exact) mass is 372 g/mol. The molecule has 0 bridgehead atoms. The number of benzene rings is 2. The minimum absolute atomic E-state index is 0.204. The fraction of sp³-hybridized carbons (Fsp3) is 0.136. The van der Waals surface area contributed by atoms with Crippen molar-refractivity contribution in [2.75, 3.05) is 6.54 Å². The lowest BCUT2D eigenvalue weighted by Gasteiger charge is -2.01. The zero-order chi connectivity index (χ0) is 19.3. The van der Waals surface area contributed by atoms with Crippen LogP contribution in [0.15, 0.2) is 77.6 Å². The molecule has 0 aliphatic carbocycles. The molecule has 0 spiro atoms. The van der Waals surface area contributed by atoms with Gasteiger partial charge < -0.3 is 9.84 Å². The summed E-state index contributed by atoms with van der Waals surface area (Å²) >= 11 is 0. The zero-order valence-electron chi connectivity index (χ0n) is 15.5. The minimum Gasteiger partial charge on any atom is -0.350 e. The molecule has 2 aromatic heterocycles. The molecule has 0 unspecified atom stereocenters. The van der Waals surface area contributed by atoms with Gasteiger partial charge in [0.25, 0.3) is 5.91 Å². The Morgan fingerprint density at radius 2 is 1.89 bits per heavy atom. The number of carbonyl (C=O) groups excluding carboxylic acids is 1. The highest BCUT2D eigenvalue weighted by atomic mass is 16.5. The first-order valence-electron chi connectivity index (χ1n) is 9.10. The lowest BCUT2D eigenvalue weighted by atomic mass is 10.1. The number of hydrogen-bond acceptors (Lipinski definition) is 4. The van der Waals surface area contributed by atoms with Gasteiger partial charge >= 0.3 is 0 Å². The van der Waals surface area contributed by atoms with E-state index >= 15 is 0 Å². The molecule has 6 heteroatoms. The first-order chi connectivity index (χ1) is 13.7. The fourth-order valence-corrected chi connectivity index (χ4v) is 2.86. The van der Waals surface area contributed by atoms with Crippen molar-refractivity contribution in [2.24, 2.45) is 0 Å². The van der Waals surface area contributed by atoms with Crippen LogP contribution in [0.3, 0.4) is 0 Å². The molecule has 28 heavy (non-hydrogen) atoms. The quantitative estimate of drug-likeness (QED) is 0.559. The second-order valence-corrected chi connectivity index (χ2v) is 6.58. The van der Waals surface area contributed by atoms with E-state index in [1.54, 1.807) is 6.07 Å². The highest BCUT2D eigenvalue weighted by Crippen LogP contribution is 2.19. The Kier molecular flexibility index (Phi) is 5.01. The van der Waals surface area contributed by atoms with Crippen LogP contribution in [0.25, 0.3) is 16.9 Å². The molecule has 0 radical (unpaired) electrons. The summed E-state index contributed by atoms with van der Waals surface area (Å²) in [5.41, 5.74) is 4.78. The maximum absolute atomic E-state index is 12.3. The lowest BCUT2D eigenvalue weighted by Crippen LogP contribution is -2.25. The summed E-state index contributed by atoms with van der Waals surface area (Å²) in [6, 6.07) is 19.5. The van der Waals surface area contributed by atoms with Crippen molar-refractivity contribution in [3.05, 3.63) is 89.9 Å². The van der Waals surface area contributed by atoms with Crippen LogP contribution in [0.5, 0.6) is 0 Å². The summed E-state index contributed by atoms with van der Waals surface area (Å²) in [5, 5.41) is 11.2. The summed E-state index contributed by atoms with van der Waals surface area (Å²) in [4.78, 5) is 12.3. The second kappa shape index (κ2) is 7.92. The third kappa shape index (κ3) is 4.01. The zero-order valence-corrected chi connectivity index (χ0v) is 15.5. The molecule has 4 rings (SSSR count). The minimum atomic E-state index is -0.277. The van der Waals surface area contributed by atoms with Gasteiger partial charge in [-0.25, -0.2) is 4.68 Å². The number of para-hydroxylation sites is 1. The third-order valence-corrected chi connectivity index (χ3v) is 4.44. The molecule has 0 aliphatic heterocycles. The molecule has 0 atom stereocenters. The largest absolute Gasteiger partial charge is 0.350 e. The van der Waals surface area contributed by atoms with Gasteiger partial charge in [0.15, 0.2) is 0 Å². The van der Waals surface area contributed by atoms with Crippen LogP contribution in [0, 0.1) is 6.92 Å². The van der Waals surface area contributed by atoms with Crippen molar-refractivity contribution in [2.45, 2.75) is 13.3 Å². The Morgan fingerprint density at radius 3 is 2.68 bits per heavy atom. The standard InChI is InChI=1S/C22H20N4O2/c1-16-7-9-18(10-8-16)20-13-21(28-25-20)22(27)23-12-11-17-14-24-26(15-17)19-5-3-2-4-6-19/h2-10,13-15H,11-12H2,1H3,(H,23,27). The van der Waals surface area contributed by atoms with Gasteiger partial charge in [-0.15, -0.1) is 0 Å². The van der Waals surface area contributed by atoms with Crippen molar-refractivity contribution in [3.63, 3.8) is 0 Å². The normalized spacial score (nSPS) is 10.8. The summed E-state index contributed by atoms with van der Waals surface area (Å²) in [5.74, 6) is -0.0723. The van der Waals surface area contributed by atoms with E-state index in [9.17, 15) is 4.79 Å². The number of carbonyl (C=O) groups is 1. The van der Waals surface area contributed by atoms with E-state index in [4.69, 9.17) is 4.52 Å². The summed E-state index contributed by atoms with van der Waals surface area (Å²) < 4.78 is 7.02. The molecule has 2 aromatic carbocycles. The van der Waals surface area contributed by atoms with Crippen molar-refractivity contribution < 1.29 is 9.32 Å². The highest BCUT2D eigenvalue weighted by molar-refractivity contribution is 5.92. The molecule has 4 aromatic rings. The van der Waals surface area contributed by atoms with Crippen LogP contribution in [0.2, 0.25) is 0 Å². The number of hydrogen-bond donors (Lipinski definition) is 1. The Morgan fingerprint density at radius 1 is 1.11 bits per heavy atom. The second-order valence-electron chi connectivity index (χ2n) is 6.58. The number of rotatable bonds is 6. The van der Waals surface area contributed by atoms with Gasteiger partial charge in [-0.05, 0) is 31.0 Å². The van der Waals surface area contributed by atoms with E-state index in [1.165, 1.54) is 5.56 Å². The maximum Gasteiger partial charge on any atom is 0.289 e. The molecule has 0 saturated heterocycles. The van der Waals surface area contributed by atoms with Crippen LogP contribution in [-0.2, 0) is 6.42 Å².